The van der Waals surface area contributed by atoms with E-state index in [1.165, 1.54) is 4.31 Å². The molecule has 0 bridgehead atoms. The van der Waals surface area contributed by atoms with E-state index in [2.05, 4.69) is 5.32 Å². The van der Waals surface area contributed by atoms with E-state index in [-0.39, 0.29) is 48.7 Å². The van der Waals surface area contributed by atoms with Crippen LogP contribution in [-0.4, -0.2) is 43.8 Å². The Morgan fingerprint density at radius 2 is 1.68 bits per heavy atom. The van der Waals surface area contributed by atoms with Crippen molar-refractivity contribution in [1.29, 1.82) is 0 Å². The summed E-state index contributed by atoms with van der Waals surface area (Å²) in [5, 5.41) is 5.46. The number of rotatable bonds is 12. The molecule has 44 heavy (non-hydrogen) atoms. The molecule has 2 atom stereocenters. The Hall–Kier alpha value is -3.59. The Morgan fingerprint density at radius 1 is 0.955 bits per heavy atom. The maximum atomic E-state index is 14.1. The normalized spacial score (nSPS) is 14.8. The number of hydrogen-bond donors (Lipinski definition) is 1. The lowest BCUT2D eigenvalue weighted by molar-refractivity contribution is -0.141. The lowest BCUT2D eigenvalue weighted by Crippen LogP contribution is -2.52. The van der Waals surface area contributed by atoms with Gasteiger partial charge < -0.3 is 10.2 Å². The van der Waals surface area contributed by atoms with Crippen LogP contribution in [0.2, 0.25) is 10.0 Å². The number of amides is 2. The lowest BCUT2D eigenvalue weighted by atomic mass is 10.0. The first-order chi connectivity index (χ1) is 21.1. The van der Waals surface area contributed by atoms with Gasteiger partial charge in [-0.3, -0.25) is 13.9 Å². The van der Waals surface area contributed by atoms with Crippen LogP contribution in [0.25, 0.3) is 10.8 Å². The number of halogens is 2. The molecule has 0 aliphatic carbocycles. The molecule has 0 fully saturated rings. The van der Waals surface area contributed by atoms with Gasteiger partial charge in [-0.1, -0.05) is 90.8 Å². The number of carbonyl (C=O) groups is 2. The van der Waals surface area contributed by atoms with Crippen molar-refractivity contribution in [3.8, 4) is 0 Å². The molecular weight excluding hydrogens is 617 g/mol. The first kappa shape index (κ1) is 31.8. The van der Waals surface area contributed by atoms with E-state index >= 15 is 0 Å². The van der Waals surface area contributed by atoms with Gasteiger partial charge in [0.05, 0.1) is 10.6 Å². The second-order valence-corrected chi connectivity index (χ2v) is 13.8. The highest BCUT2D eigenvalue weighted by Crippen LogP contribution is 2.42. The standard InChI is InChI=1S/C34H35Cl2N3O4S/c1-3-23(2)37-34(41)30(20-24-10-5-4-6-11-24)38(22-26-17-18-27(35)21-28(26)36)32(40)16-9-19-39-29-14-7-12-25-13-8-15-31(33(25)29)44(39,42)43/h4-8,10-15,17-18,21,23,30H,3,9,16,19-20,22H2,1-2H3,(H,37,41). The van der Waals surface area contributed by atoms with Crippen molar-refractivity contribution in [2.24, 2.45) is 0 Å². The highest BCUT2D eigenvalue weighted by molar-refractivity contribution is 7.93. The van der Waals surface area contributed by atoms with Crippen molar-refractivity contribution in [3.05, 3.63) is 106 Å². The molecule has 1 heterocycles. The number of nitrogens with zero attached hydrogens (tertiary/aromatic N) is 2. The minimum Gasteiger partial charge on any atom is -0.352 e. The van der Waals surface area contributed by atoms with Gasteiger partial charge in [0.25, 0.3) is 10.0 Å². The van der Waals surface area contributed by atoms with Crippen LogP contribution >= 0.6 is 23.2 Å². The maximum Gasteiger partial charge on any atom is 0.265 e. The van der Waals surface area contributed by atoms with Gasteiger partial charge in [-0.25, -0.2) is 8.42 Å². The van der Waals surface area contributed by atoms with Gasteiger partial charge in [0.1, 0.15) is 6.04 Å². The van der Waals surface area contributed by atoms with E-state index < -0.39 is 16.1 Å². The van der Waals surface area contributed by atoms with Crippen LogP contribution in [-0.2, 0) is 32.6 Å². The highest BCUT2D eigenvalue weighted by atomic mass is 35.5. The van der Waals surface area contributed by atoms with Crippen molar-refractivity contribution in [1.82, 2.24) is 10.2 Å². The highest BCUT2D eigenvalue weighted by Gasteiger charge is 2.36. The molecule has 1 aliphatic rings. The third-order valence-corrected chi connectivity index (χ3v) is 10.5. The molecule has 0 spiro atoms. The SMILES string of the molecule is CCC(C)NC(=O)C(Cc1ccccc1)N(Cc1ccc(Cl)cc1Cl)C(=O)CCCN1c2cccc3cccc(c23)S1(=O)=O. The second-order valence-electron chi connectivity index (χ2n) is 11.1. The third-order valence-electron chi connectivity index (χ3n) is 8.06. The predicted molar refractivity (Wildman–Crippen MR) is 177 cm³/mol. The Bertz CT molecular complexity index is 1780. The number of hydrogen-bond acceptors (Lipinski definition) is 4. The predicted octanol–water partition coefficient (Wildman–Crippen LogP) is 6.99. The first-order valence-corrected chi connectivity index (χ1v) is 16.9. The molecule has 4 aromatic rings. The molecule has 2 unspecified atom stereocenters. The largest absolute Gasteiger partial charge is 0.352 e. The van der Waals surface area contributed by atoms with Crippen LogP contribution in [0.1, 0.15) is 44.2 Å². The molecule has 0 aromatic heterocycles. The van der Waals surface area contributed by atoms with E-state index in [9.17, 15) is 18.0 Å². The molecule has 0 radical (unpaired) electrons. The molecule has 0 saturated heterocycles. The minimum atomic E-state index is -3.75. The van der Waals surface area contributed by atoms with Crippen LogP contribution in [0.3, 0.4) is 0 Å². The molecule has 2 amide bonds. The molecule has 1 N–H and O–H groups in total. The summed E-state index contributed by atoms with van der Waals surface area (Å²) in [6.45, 7) is 4.13. The molecule has 4 aromatic carbocycles. The zero-order valence-electron chi connectivity index (χ0n) is 24.7. The third kappa shape index (κ3) is 6.72. The van der Waals surface area contributed by atoms with Crippen LogP contribution < -0.4 is 9.62 Å². The second kappa shape index (κ2) is 13.6. The van der Waals surface area contributed by atoms with Gasteiger partial charge in [0.2, 0.25) is 11.8 Å². The lowest BCUT2D eigenvalue weighted by Gasteiger charge is -2.33. The van der Waals surface area contributed by atoms with E-state index in [1.807, 2.05) is 62.4 Å². The Balaban J connectivity index is 1.42. The fourth-order valence-corrected chi connectivity index (χ4v) is 7.76. The van der Waals surface area contributed by atoms with Gasteiger partial charge in [-0.2, -0.15) is 0 Å². The smallest absolute Gasteiger partial charge is 0.265 e. The fraction of sp³-hybridized carbons (Fsp3) is 0.294. The molecule has 5 rings (SSSR count). The summed E-state index contributed by atoms with van der Waals surface area (Å²) in [7, 11) is -3.75. The van der Waals surface area contributed by atoms with Crippen LogP contribution in [0.15, 0.2) is 89.8 Å². The topological polar surface area (TPSA) is 86.8 Å². The number of nitrogens with one attached hydrogen (secondary N) is 1. The van der Waals surface area contributed by atoms with E-state index in [0.29, 0.717) is 33.1 Å². The summed E-state index contributed by atoms with van der Waals surface area (Å²) < 4.78 is 28.3. The Kier molecular flexibility index (Phi) is 9.83. The fourth-order valence-electron chi connectivity index (χ4n) is 5.54. The van der Waals surface area contributed by atoms with E-state index in [1.54, 1.807) is 41.3 Å². The summed E-state index contributed by atoms with van der Waals surface area (Å²) in [4.78, 5) is 29.7. The number of sulfonamides is 1. The molecule has 230 valence electrons. The quantitative estimate of drug-likeness (QED) is 0.179. The Morgan fingerprint density at radius 3 is 2.39 bits per heavy atom. The van der Waals surface area contributed by atoms with Crippen molar-refractivity contribution < 1.29 is 18.0 Å². The van der Waals surface area contributed by atoms with Crippen LogP contribution in [0.4, 0.5) is 5.69 Å². The maximum absolute atomic E-state index is 14.1. The summed E-state index contributed by atoms with van der Waals surface area (Å²) in [5.74, 6) is -0.533. The van der Waals surface area contributed by atoms with Crippen molar-refractivity contribution in [2.75, 3.05) is 10.8 Å². The van der Waals surface area contributed by atoms with Crippen LogP contribution in [0.5, 0.6) is 0 Å². The molecular formula is C34H35Cl2N3O4S. The van der Waals surface area contributed by atoms with Gasteiger partial charge in [-0.05, 0) is 60.5 Å². The van der Waals surface area contributed by atoms with E-state index in [0.717, 1.165) is 17.4 Å². The Labute approximate surface area is 268 Å². The van der Waals surface area contributed by atoms with Gasteiger partial charge >= 0.3 is 0 Å². The minimum absolute atomic E-state index is 0.0332. The summed E-state index contributed by atoms with van der Waals surface area (Å²) in [6, 6.07) is 24.5. The molecule has 0 saturated carbocycles. The zero-order valence-corrected chi connectivity index (χ0v) is 27.0. The number of carbonyl (C=O) groups excluding carboxylic acids is 2. The first-order valence-electron chi connectivity index (χ1n) is 14.7. The van der Waals surface area contributed by atoms with Crippen molar-refractivity contribution in [2.45, 2.75) is 63.1 Å². The van der Waals surface area contributed by atoms with Gasteiger partial charge in [0, 0.05) is 47.4 Å². The van der Waals surface area contributed by atoms with Crippen molar-refractivity contribution in [3.63, 3.8) is 0 Å². The summed E-state index contributed by atoms with van der Waals surface area (Å²) in [5.41, 5.74) is 2.18. The van der Waals surface area contributed by atoms with Crippen molar-refractivity contribution >= 4 is 61.5 Å². The van der Waals surface area contributed by atoms with Crippen LogP contribution in [0, 0.1) is 0 Å². The summed E-state index contributed by atoms with van der Waals surface area (Å²) >= 11 is 12.7. The molecule has 10 heteroatoms. The van der Waals surface area contributed by atoms with Gasteiger partial charge in [0.15, 0.2) is 0 Å². The van der Waals surface area contributed by atoms with Gasteiger partial charge in [-0.15, -0.1) is 0 Å². The molecule has 1 aliphatic heterocycles. The average Bonchev–Trinajstić information content (AvgIpc) is 3.23. The zero-order chi connectivity index (χ0) is 31.4. The summed E-state index contributed by atoms with van der Waals surface area (Å²) in [6.07, 6.45) is 1.34. The number of benzene rings is 4. The van der Waals surface area contributed by atoms with E-state index in [4.69, 9.17) is 23.2 Å². The average molecular weight is 653 g/mol. The monoisotopic (exact) mass is 651 g/mol. The molecule has 7 nitrogen and oxygen atoms in total. The number of anilines is 1.